The van der Waals surface area contributed by atoms with Crippen molar-refractivity contribution in [2.75, 3.05) is 25.1 Å². The summed E-state index contributed by atoms with van der Waals surface area (Å²) >= 11 is 0. The lowest BCUT2D eigenvalue weighted by molar-refractivity contribution is -0.145. The van der Waals surface area contributed by atoms with Crippen LogP contribution in [0.5, 0.6) is 5.88 Å². The lowest BCUT2D eigenvalue weighted by atomic mass is 9.90. The SMILES string of the molecule is CCOc1cc(NC2(C(=O)O)CCOCC2)ncn1. The van der Waals surface area contributed by atoms with Crippen molar-refractivity contribution in [3.05, 3.63) is 12.4 Å². The van der Waals surface area contributed by atoms with E-state index in [4.69, 9.17) is 9.47 Å². The van der Waals surface area contributed by atoms with Gasteiger partial charge >= 0.3 is 5.97 Å². The molecule has 1 aromatic heterocycles. The molecule has 7 heteroatoms. The molecule has 1 aliphatic rings. The van der Waals surface area contributed by atoms with Crippen molar-refractivity contribution in [3.63, 3.8) is 0 Å². The predicted molar refractivity (Wildman–Crippen MR) is 67.2 cm³/mol. The number of nitrogens with one attached hydrogen (secondary N) is 1. The van der Waals surface area contributed by atoms with Gasteiger partial charge in [0, 0.05) is 32.1 Å². The van der Waals surface area contributed by atoms with E-state index < -0.39 is 11.5 Å². The molecule has 0 radical (unpaired) electrons. The molecule has 2 heterocycles. The van der Waals surface area contributed by atoms with E-state index >= 15 is 0 Å². The summed E-state index contributed by atoms with van der Waals surface area (Å²) < 4.78 is 10.5. The van der Waals surface area contributed by atoms with Gasteiger partial charge in [-0.2, -0.15) is 0 Å². The van der Waals surface area contributed by atoms with Gasteiger partial charge in [0.2, 0.25) is 5.88 Å². The van der Waals surface area contributed by atoms with Crippen LogP contribution in [0.1, 0.15) is 19.8 Å². The number of rotatable bonds is 5. The van der Waals surface area contributed by atoms with E-state index in [0.717, 1.165) is 0 Å². The number of anilines is 1. The molecule has 0 bridgehead atoms. The summed E-state index contributed by atoms with van der Waals surface area (Å²) in [6.45, 7) is 3.19. The number of nitrogens with zero attached hydrogens (tertiary/aromatic N) is 2. The Morgan fingerprint density at radius 2 is 2.26 bits per heavy atom. The molecule has 2 rings (SSSR count). The van der Waals surface area contributed by atoms with Gasteiger partial charge in [-0.25, -0.2) is 14.8 Å². The van der Waals surface area contributed by atoms with Gasteiger partial charge in [0.05, 0.1) is 6.61 Å². The van der Waals surface area contributed by atoms with Crippen LogP contribution < -0.4 is 10.1 Å². The second kappa shape index (κ2) is 5.83. The highest BCUT2D eigenvalue weighted by Crippen LogP contribution is 2.26. The van der Waals surface area contributed by atoms with E-state index in [-0.39, 0.29) is 0 Å². The van der Waals surface area contributed by atoms with Gasteiger partial charge in [-0.15, -0.1) is 0 Å². The van der Waals surface area contributed by atoms with Crippen LogP contribution in [0, 0.1) is 0 Å². The molecule has 0 amide bonds. The molecular weight excluding hydrogens is 250 g/mol. The van der Waals surface area contributed by atoms with Crippen LogP contribution >= 0.6 is 0 Å². The maximum absolute atomic E-state index is 11.5. The van der Waals surface area contributed by atoms with E-state index in [9.17, 15) is 9.90 Å². The van der Waals surface area contributed by atoms with Gasteiger partial charge in [-0.1, -0.05) is 0 Å². The van der Waals surface area contributed by atoms with Crippen LogP contribution in [-0.4, -0.2) is 46.4 Å². The third-order valence-corrected chi connectivity index (χ3v) is 3.06. The molecule has 2 N–H and O–H groups in total. The number of aliphatic carboxylic acids is 1. The lowest BCUT2D eigenvalue weighted by Crippen LogP contribution is -2.50. The second-order valence-corrected chi connectivity index (χ2v) is 4.30. The van der Waals surface area contributed by atoms with Crippen molar-refractivity contribution in [2.24, 2.45) is 0 Å². The molecule has 0 saturated carbocycles. The average Bonchev–Trinajstić information content (AvgIpc) is 2.40. The number of aromatic nitrogens is 2. The first-order valence-electron chi connectivity index (χ1n) is 6.20. The third-order valence-electron chi connectivity index (χ3n) is 3.06. The Hall–Kier alpha value is -1.89. The fourth-order valence-corrected chi connectivity index (χ4v) is 1.99. The van der Waals surface area contributed by atoms with Crippen LogP contribution in [-0.2, 0) is 9.53 Å². The van der Waals surface area contributed by atoms with Gasteiger partial charge in [0.25, 0.3) is 0 Å². The van der Waals surface area contributed by atoms with Crippen LogP contribution in [0.3, 0.4) is 0 Å². The standard InChI is InChI=1S/C12H17N3O4/c1-2-19-10-7-9(13-8-14-10)15-12(11(16)17)3-5-18-6-4-12/h7-8H,2-6H2,1H3,(H,16,17)(H,13,14,15). The van der Waals surface area contributed by atoms with E-state index in [1.807, 2.05) is 6.92 Å². The highest BCUT2D eigenvalue weighted by Gasteiger charge is 2.40. The Morgan fingerprint density at radius 3 is 2.89 bits per heavy atom. The first kappa shape index (κ1) is 13.5. The van der Waals surface area contributed by atoms with Crippen LogP contribution in [0.15, 0.2) is 12.4 Å². The molecule has 0 spiro atoms. The fraction of sp³-hybridized carbons (Fsp3) is 0.583. The summed E-state index contributed by atoms with van der Waals surface area (Å²) in [5.41, 5.74) is -1.03. The van der Waals surface area contributed by atoms with Gasteiger partial charge in [-0.3, -0.25) is 0 Å². The fourth-order valence-electron chi connectivity index (χ4n) is 1.99. The number of ether oxygens (including phenoxy) is 2. The molecule has 19 heavy (non-hydrogen) atoms. The molecule has 7 nitrogen and oxygen atoms in total. The maximum Gasteiger partial charge on any atom is 0.329 e. The zero-order valence-electron chi connectivity index (χ0n) is 10.8. The number of hydrogen-bond acceptors (Lipinski definition) is 6. The Balaban J connectivity index is 2.17. The van der Waals surface area contributed by atoms with Crippen molar-refractivity contribution in [1.82, 2.24) is 9.97 Å². The minimum atomic E-state index is -1.03. The van der Waals surface area contributed by atoms with Crippen molar-refractivity contribution in [3.8, 4) is 5.88 Å². The van der Waals surface area contributed by atoms with Crippen LogP contribution in [0.2, 0.25) is 0 Å². The summed E-state index contributed by atoms with van der Waals surface area (Å²) in [6.07, 6.45) is 2.15. The van der Waals surface area contributed by atoms with Gasteiger partial charge < -0.3 is 19.9 Å². The van der Waals surface area contributed by atoms with Gasteiger partial charge in [-0.05, 0) is 6.92 Å². The third kappa shape index (κ3) is 3.11. The van der Waals surface area contributed by atoms with Crippen LogP contribution in [0.25, 0.3) is 0 Å². The number of carboxylic acid groups (broad SMARTS) is 1. The first-order chi connectivity index (χ1) is 9.16. The molecule has 0 aromatic carbocycles. The lowest BCUT2D eigenvalue weighted by Gasteiger charge is -2.34. The molecular formula is C12H17N3O4. The van der Waals surface area contributed by atoms with E-state index in [1.54, 1.807) is 6.07 Å². The van der Waals surface area contributed by atoms with E-state index in [0.29, 0.717) is 44.4 Å². The Morgan fingerprint density at radius 1 is 1.53 bits per heavy atom. The van der Waals surface area contributed by atoms with Gasteiger partial charge in [0.15, 0.2) is 0 Å². The maximum atomic E-state index is 11.5. The highest BCUT2D eigenvalue weighted by atomic mass is 16.5. The number of carboxylic acids is 1. The summed E-state index contributed by atoms with van der Waals surface area (Å²) in [4.78, 5) is 19.5. The normalized spacial score (nSPS) is 17.7. The topological polar surface area (TPSA) is 93.6 Å². The van der Waals surface area contributed by atoms with Crippen molar-refractivity contribution >= 4 is 11.8 Å². The van der Waals surface area contributed by atoms with Crippen molar-refractivity contribution < 1.29 is 19.4 Å². The largest absolute Gasteiger partial charge is 0.480 e. The summed E-state index contributed by atoms with van der Waals surface area (Å²) in [6, 6.07) is 1.60. The van der Waals surface area contributed by atoms with Crippen LogP contribution in [0.4, 0.5) is 5.82 Å². The van der Waals surface area contributed by atoms with Crippen molar-refractivity contribution in [1.29, 1.82) is 0 Å². The number of hydrogen-bond donors (Lipinski definition) is 2. The number of carbonyl (C=O) groups is 1. The van der Waals surface area contributed by atoms with Crippen molar-refractivity contribution in [2.45, 2.75) is 25.3 Å². The van der Waals surface area contributed by atoms with E-state index in [1.165, 1.54) is 6.33 Å². The minimum Gasteiger partial charge on any atom is -0.480 e. The molecule has 0 unspecified atom stereocenters. The Labute approximate surface area is 111 Å². The van der Waals surface area contributed by atoms with Gasteiger partial charge in [0.1, 0.15) is 17.7 Å². The molecule has 0 aliphatic carbocycles. The Kier molecular flexibility index (Phi) is 4.16. The Bertz CT molecular complexity index is 446. The first-order valence-corrected chi connectivity index (χ1v) is 6.20. The second-order valence-electron chi connectivity index (χ2n) is 4.30. The molecule has 1 saturated heterocycles. The zero-order valence-corrected chi connectivity index (χ0v) is 10.8. The molecule has 1 aromatic rings. The quantitative estimate of drug-likeness (QED) is 0.819. The van der Waals surface area contributed by atoms with E-state index in [2.05, 4.69) is 15.3 Å². The molecule has 104 valence electrons. The smallest absolute Gasteiger partial charge is 0.329 e. The highest BCUT2D eigenvalue weighted by molar-refractivity contribution is 5.82. The molecule has 1 fully saturated rings. The monoisotopic (exact) mass is 267 g/mol. The molecule has 1 aliphatic heterocycles. The summed E-state index contributed by atoms with van der Waals surface area (Å²) in [5, 5.41) is 12.4. The minimum absolute atomic E-state index is 0.399. The summed E-state index contributed by atoms with van der Waals surface area (Å²) in [7, 11) is 0. The molecule has 0 atom stereocenters. The summed E-state index contributed by atoms with van der Waals surface area (Å²) in [5.74, 6) is -0.0253. The zero-order chi connectivity index (χ0) is 13.7. The predicted octanol–water partition coefficient (Wildman–Crippen LogP) is 0.921. The average molecular weight is 267 g/mol.